The molecule has 0 fully saturated rings. The summed E-state index contributed by atoms with van der Waals surface area (Å²) in [5.74, 6) is -4.60. The average Bonchev–Trinajstić information content (AvgIpc) is 2.57. The van der Waals surface area contributed by atoms with Crippen molar-refractivity contribution < 1.29 is 17.6 Å². The molecule has 0 aliphatic rings. The van der Waals surface area contributed by atoms with Crippen LogP contribution in [-0.4, -0.2) is 0 Å². The number of hydrogen-bond acceptors (Lipinski definition) is 0. The molecule has 0 radical (unpaired) electrons. The van der Waals surface area contributed by atoms with Gasteiger partial charge in [-0.2, -0.15) is 0 Å². The number of unbranched alkanes of at least 4 members (excludes halogenated alkanes) is 2. The van der Waals surface area contributed by atoms with Crippen molar-refractivity contribution in [2.75, 3.05) is 0 Å². The van der Waals surface area contributed by atoms with Crippen molar-refractivity contribution in [1.82, 2.24) is 0 Å². The van der Waals surface area contributed by atoms with Gasteiger partial charge in [0.25, 0.3) is 0 Å². The first-order chi connectivity index (χ1) is 11.0. The maximum absolute atomic E-state index is 14.2. The molecular formula is C19H18F4. The first-order valence-corrected chi connectivity index (χ1v) is 7.63. The molecule has 2 rings (SSSR count). The van der Waals surface area contributed by atoms with Crippen LogP contribution in [0.4, 0.5) is 17.6 Å². The number of halogens is 4. The molecule has 0 bridgehead atoms. The third-order valence-corrected chi connectivity index (χ3v) is 3.64. The zero-order valence-corrected chi connectivity index (χ0v) is 12.9. The van der Waals surface area contributed by atoms with E-state index in [1.165, 1.54) is 12.1 Å². The summed E-state index contributed by atoms with van der Waals surface area (Å²) >= 11 is 0. The summed E-state index contributed by atoms with van der Waals surface area (Å²) in [4.78, 5) is 0. The molecular weight excluding hydrogens is 304 g/mol. The van der Waals surface area contributed by atoms with Crippen molar-refractivity contribution in [3.8, 4) is 0 Å². The van der Waals surface area contributed by atoms with Gasteiger partial charge in [-0.15, -0.1) is 0 Å². The van der Waals surface area contributed by atoms with E-state index in [1.807, 2.05) is 0 Å². The summed E-state index contributed by atoms with van der Waals surface area (Å²) < 4.78 is 54.2. The van der Waals surface area contributed by atoms with Crippen LogP contribution in [0.2, 0.25) is 0 Å². The Balaban J connectivity index is 2.20. The molecule has 0 aliphatic carbocycles. The quantitative estimate of drug-likeness (QED) is 0.325. The third kappa shape index (κ3) is 4.44. The van der Waals surface area contributed by atoms with Gasteiger partial charge in [-0.3, -0.25) is 0 Å². The minimum absolute atomic E-state index is 0.0754. The van der Waals surface area contributed by atoms with Gasteiger partial charge in [-0.05, 0) is 36.6 Å². The first-order valence-electron chi connectivity index (χ1n) is 7.63. The van der Waals surface area contributed by atoms with Crippen LogP contribution in [0.1, 0.15) is 42.9 Å². The first kappa shape index (κ1) is 17.3. The zero-order valence-electron chi connectivity index (χ0n) is 12.9. The molecule has 0 unspecified atom stereocenters. The van der Waals surface area contributed by atoms with E-state index in [9.17, 15) is 17.6 Å². The fourth-order valence-corrected chi connectivity index (χ4v) is 2.28. The lowest BCUT2D eigenvalue weighted by atomic mass is 10.0. The Morgan fingerprint density at radius 3 is 2.00 bits per heavy atom. The van der Waals surface area contributed by atoms with Gasteiger partial charge in [-0.1, -0.05) is 44.0 Å². The van der Waals surface area contributed by atoms with Crippen LogP contribution in [0.3, 0.4) is 0 Å². The standard InChI is InChI=1S/C19H18F4/c1-2-3-4-5-13-6-8-14(9-7-13)18(22)19(23)15-10-11-16(20)17(21)12-15/h6-12H,2-5H2,1H3/b19-18+. The molecule has 0 nitrogen and oxygen atoms in total. The SMILES string of the molecule is CCCCCc1ccc(/C(F)=C(\F)c2ccc(F)c(F)c2)cc1. The van der Waals surface area contributed by atoms with E-state index in [0.29, 0.717) is 6.07 Å². The number of hydrogen-bond donors (Lipinski definition) is 0. The van der Waals surface area contributed by atoms with Gasteiger partial charge >= 0.3 is 0 Å². The number of aryl methyl sites for hydroxylation is 1. The van der Waals surface area contributed by atoms with E-state index in [1.54, 1.807) is 12.1 Å². The van der Waals surface area contributed by atoms with E-state index >= 15 is 0 Å². The molecule has 0 N–H and O–H groups in total. The summed E-state index contributed by atoms with van der Waals surface area (Å²) in [6.45, 7) is 2.12. The second-order valence-electron chi connectivity index (χ2n) is 5.41. The van der Waals surface area contributed by atoms with Gasteiger partial charge in [0.1, 0.15) is 0 Å². The monoisotopic (exact) mass is 322 g/mol. The predicted molar refractivity (Wildman–Crippen MR) is 85.1 cm³/mol. The highest BCUT2D eigenvalue weighted by atomic mass is 19.2. The van der Waals surface area contributed by atoms with Crippen LogP contribution in [0.15, 0.2) is 42.5 Å². The highest BCUT2D eigenvalue weighted by molar-refractivity contribution is 5.83. The summed E-state index contributed by atoms with van der Waals surface area (Å²) in [7, 11) is 0. The molecule has 2 aromatic rings. The summed E-state index contributed by atoms with van der Waals surface area (Å²) in [6, 6.07) is 8.92. The molecule has 0 aromatic heterocycles. The van der Waals surface area contributed by atoms with Gasteiger partial charge in [-0.25, -0.2) is 17.6 Å². The molecule has 0 saturated carbocycles. The van der Waals surface area contributed by atoms with Gasteiger partial charge in [0.15, 0.2) is 23.3 Å². The molecule has 0 spiro atoms. The third-order valence-electron chi connectivity index (χ3n) is 3.64. The number of rotatable bonds is 6. The van der Waals surface area contributed by atoms with E-state index < -0.39 is 23.3 Å². The van der Waals surface area contributed by atoms with Gasteiger partial charge in [0.2, 0.25) is 0 Å². The minimum atomic E-state index is -1.21. The highest BCUT2D eigenvalue weighted by Gasteiger charge is 2.13. The van der Waals surface area contributed by atoms with Crippen molar-refractivity contribution in [1.29, 1.82) is 0 Å². The number of benzene rings is 2. The van der Waals surface area contributed by atoms with Crippen molar-refractivity contribution in [2.45, 2.75) is 32.6 Å². The minimum Gasteiger partial charge on any atom is -0.204 e. The Labute approximate surface area is 133 Å². The van der Waals surface area contributed by atoms with Crippen molar-refractivity contribution in [3.63, 3.8) is 0 Å². The average molecular weight is 322 g/mol. The van der Waals surface area contributed by atoms with Crippen molar-refractivity contribution in [3.05, 3.63) is 70.8 Å². The molecule has 2 aromatic carbocycles. The molecule has 0 saturated heterocycles. The molecule has 0 aliphatic heterocycles. The normalized spacial score (nSPS) is 12.2. The van der Waals surface area contributed by atoms with Crippen molar-refractivity contribution in [2.24, 2.45) is 0 Å². The molecule has 0 atom stereocenters. The second-order valence-corrected chi connectivity index (χ2v) is 5.41. The van der Waals surface area contributed by atoms with Crippen LogP contribution in [0, 0.1) is 11.6 Å². The van der Waals surface area contributed by atoms with Crippen LogP contribution in [0.5, 0.6) is 0 Å². The zero-order chi connectivity index (χ0) is 16.8. The molecule has 4 heteroatoms. The lowest BCUT2D eigenvalue weighted by molar-refractivity contribution is 0.507. The smallest absolute Gasteiger partial charge is 0.166 e. The van der Waals surface area contributed by atoms with Crippen LogP contribution < -0.4 is 0 Å². The maximum Gasteiger partial charge on any atom is 0.166 e. The molecule has 122 valence electrons. The van der Waals surface area contributed by atoms with Gasteiger partial charge in [0.05, 0.1) is 0 Å². The van der Waals surface area contributed by atoms with E-state index in [-0.39, 0.29) is 11.1 Å². The van der Waals surface area contributed by atoms with Gasteiger partial charge < -0.3 is 0 Å². The van der Waals surface area contributed by atoms with E-state index in [4.69, 9.17) is 0 Å². The Morgan fingerprint density at radius 2 is 1.39 bits per heavy atom. The topological polar surface area (TPSA) is 0 Å². The fourth-order valence-electron chi connectivity index (χ4n) is 2.28. The Hall–Kier alpha value is -2.10. The summed E-state index contributed by atoms with van der Waals surface area (Å²) in [6.07, 6.45) is 4.19. The Bertz CT molecular complexity index is 687. The molecule has 0 amide bonds. The summed E-state index contributed by atoms with van der Waals surface area (Å²) in [5.41, 5.74) is 0.808. The van der Waals surface area contributed by atoms with E-state index in [2.05, 4.69) is 6.92 Å². The maximum atomic E-state index is 14.2. The van der Waals surface area contributed by atoms with Crippen LogP contribution >= 0.6 is 0 Å². The largest absolute Gasteiger partial charge is 0.204 e. The van der Waals surface area contributed by atoms with Crippen molar-refractivity contribution >= 4 is 11.7 Å². The summed E-state index contributed by atoms with van der Waals surface area (Å²) in [5, 5.41) is 0. The van der Waals surface area contributed by atoms with Crippen LogP contribution in [0.25, 0.3) is 11.7 Å². The lowest BCUT2D eigenvalue weighted by Crippen LogP contribution is -1.90. The lowest BCUT2D eigenvalue weighted by Gasteiger charge is -2.05. The Kier molecular flexibility index (Phi) is 5.97. The second kappa shape index (κ2) is 7.95. The van der Waals surface area contributed by atoms with E-state index in [0.717, 1.165) is 43.4 Å². The highest BCUT2D eigenvalue weighted by Crippen LogP contribution is 2.29. The Morgan fingerprint density at radius 1 is 0.783 bits per heavy atom. The fraction of sp³-hybridized carbons (Fsp3) is 0.263. The van der Waals surface area contributed by atoms with Crippen LogP contribution in [-0.2, 0) is 6.42 Å². The predicted octanol–water partition coefficient (Wildman–Crippen LogP) is 6.46. The van der Waals surface area contributed by atoms with Gasteiger partial charge in [0, 0.05) is 11.1 Å². The molecule has 23 heavy (non-hydrogen) atoms. The molecule has 0 heterocycles.